The highest BCUT2D eigenvalue weighted by Crippen LogP contribution is 2.26. The van der Waals surface area contributed by atoms with Crippen molar-refractivity contribution in [2.75, 3.05) is 27.7 Å². The lowest BCUT2D eigenvalue weighted by atomic mass is 10.0. The molecule has 2 amide bonds. The van der Waals surface area contributed by atoms with Gasteiger partial charge >= 0.3 is 0 Å². The Kier molecular flexibility index (Phi) is 5.98. The van der Waals surface area contributed by atoms with E-state index in [0.717, 1.165) is 40.0 Å². The Balaban J connectivity index is 1.40. The predicted octanol–water partition coefficient (Wildman–Crippen LogP) is 2.91. The van der Waals surface area contributed by atoms with Crippen molar-refractivity contribution in [2.45, 2.75) is 25.9 Å². The minimum absolute atomic E-state index is 0.0682. The monoisotopic (exact) mass is 472 g/mol. The van der Waals surface area contributed by atoms with Crippen LogP contribution in [0.4, 0.5) is 0 Å². The van der Waals surface area contributed by atoms with Crippen LogP contribution in [0.3, 0.4) is 0 Å². The molecule has 0 unspecified atom stereocenters. The number of carbonyl (C=O) groups is 2. The summed E-state index contributed by atoms with van der Waals surface area (Å²) < 4.78 is 7.18. The molecule has 9 nitrogen and oxygen atoms in total. The molecule has 3 heterocycles. The van der Waals surface area contributed by atoms with E-state index in [4.69, 9.17) is 9.84 Å². The number of aromatic nitrogens is 4. The smallest absolute Gasteiger partial charge is 0.274 e. The molecule has 0 atom stereocenters. The average Bonchev–Trinajstić information content (AvgIpc) is 3.50. The molecular formula is C26H28N6O3. The minimum Gasteiger partial charge on any atom is -0.497 e. The predicted molar refractivity (Wildman–Crippen MR) is 131 cm³/mol. The standard InChI is InChI=1S/C26H28N6O3/c1-30(2)26(34)24-20-15-31(25(33)18-6-9-21-22(14-18)28-16-27-21)12-11-23(20)32(29-24)13-10-17-4-7-19(35-3)8-5-17/h4-9,14,16H,10-13,15H2,1-3H3,(H,27,28). The number of hydrogen-bond acceptors (Lipinski definition) is 5. The fourth-order valence-corrected chi connectivity index (χ4v) is 4.51. The van der Waals surface area contributed by atoms with Crippen LogP contribution < -0.4 is 4.74 Å². The number of fused-ring (bicyclic) bond motifs is 2. The summed E-state index contributed by atoms with van der Waals surface area (Å²) in [6.45, 7) is 1.57. The summed E-state index contributed by atoms with van der Waals surface area (Å²) in [7, 11) is 5.09. The highest BCUT2D eigenvalue weighted by Gasteiger charge is 2.31. The van der Waals surface area contributed by atoms with Gasteiger partial charge in [0, 0.05) is 50.4 Å². The lowest BCUT2D eigenvalue weighted by Gasteiger charge is -2.28. The number of imidazole rings is 1. The molecule has 0 saturated carbocycles. The fraction of sp³-hybridized carbons (Fsp3) is 0.308. The molecular weight excluding hydrogens is 444 g/mol. The van der Waals surface area contributed by atoms with E-state index < -0.39 is 0 Å². The van der Waals surface area contributed by atoms with E-state index in [0.29, 0.717) is 37.3 Å². The number of rotatable bonds is 6. The first-order valence-electron chi connectivity index (χ1n) is 11.6. The maximum absolute atomic E-state index is 13.3. The maximum Gasteiger partial charge on any atom is 0.274 e. The van der Waals surface area contributed by atoms with Crippen LogP contribution in [0.15, 0.2) is 48.8 Å². The molecule has 9 heteroatoms. The molecule has 0 spiro atoms. The van der Waals surface area contributed by atoms with Crippen molar-refractivity contribution in [3.8, 4) is 5.75 Å². The van der Waals surface area contributed by atoms with Gasteiger partial charge in [-0.15, -0.1) is 0 Å². The van der Waals surface area contributed by atoms with Gasteiger partial charge in [-0.1, -0.05) is 12.1 Å². The van der Waals surface area contributed by atoms with E-state index in [1.54, 1.807) is 38.5 Å². The van der Waals surface area contributed by atoms with Gasteiger partial charge in [0.05, 0.1) is 31.0 Å². The van der Waals surface area contributed by atoms with Crippen molar-refractivity contribution in [2.24, 2.45) is 0 Å². The lowest BCUT2D eigenvalue weighted by molar-refractivity contribution is 0.0726. The summed E-state index contributed by atoms with van der Waals surface area (Å²) in [6, 6.07) is 13.4. The van der Waals surface area contributed by atoms with Gasteiger partial charge in [-0.3, -0.25) is 14.3 Å². The van der Waals surface area contributed by atoms with Gasteiger partial charge in [-0.05, 0) is 42.3 Å². The Labute approximate surface area is 203 Å². The molecule has 1 aliphatic rings. The number of ether oxygens (including phenoxy) is 1. The first-order valence-corrected chi connectivity index (χ1v) is 11.6. The second-order valence-electron chi connectivity index (χ2n) is 8.91. The molecule has 0 radical (unpaired) electrons. The molecule has 35 heavy (non-hydrogen) atoms. The Bertz CT molecular complexity index is 1390. The van der Waals surface area contributed by atoms with Crippen molar-refractivity contribution in [3.63, 3.8) is 0 Å². The van der Waals surface area contributed by atoms with E-state index in [2.05, 4.69) is 9.97 Å². The average molecular weight is 473 g/mol. The Morgan fingerprint density at radius 3 is 2.69 bits per heavy atom. The number of nitrogens with one attached hydrogen (secondary N) is 1. The number of H-pyrrole nitrogens is 1. The van der Waals surface area contributed by atoms with Crippen LogP contribution in [0.1, 0.15) is 37.7 Å². The zero-order valence-electron chi connectivity index (χ0n) is 20.1. The molecule has 2 aromatic carbocycles. The van der Waals surface area contributed by atoms with Gasteiger partial charge < -0.3 is 19.5 Å². The first kappa shape index (κ1) is 22.6. The van der Waals surface area contributed by atoms with Gasteiger partial charge in [0.1, 0.15) is 5.75 Å². The van der Waals surface area contributed by atoms with Crippen molar-refractivity contribution in [1.29, 1.82) is 0 Å². The molecule has 2 aromatic heterocycles. The number of methoxy groups -OCH3 is 1. The summed E-state index contributed by atoms with van der Waals surface area (Å²) in [6.07, 6.45) is 3.04. The number of aryl methyl sites for hydroxylation is 2. The van der Waals surface area contributed by atoms with Crippen LogP contribution >= 0.6 is 0 Å². The van der Waals surface area contributed by atoms with Crippen molar-refractivity contribution in [3.05, 3.63) is 76.9 Å². The molecule has 1 N–H and O–H groups in total. The third-order valence-electron chi connectivity index (χ3n) is 6.47. The molecule has 180 valence electrons. The molecule has 0 bridgehead atoms. The van der Waals surface area contributed by atoms with E-state index in [1.165, 1.54) is 4.90 Å². The van der Waals surface area contributed by atoms with E-state index in [-0.39, 0.29) is 11.8 Å². The number of carbonyl (C=O) groups excluding carboxylic acids is 2. The quantitative estimate of drug-likeness (QED) is 0.466. The largest absolute Gasteiger partial charge is 0.497 e. The van der Waals surface area contributed by atoms with Crippen LogP contribution in [-0.4, -0.2) is 69.1 Å². The summed E-state index contributed by atoms with van der Waals surface area (Å²) in [5, 5.41) is 4.71. The zero-order chi connectivity index (χ0) is 24.5. The summed E-state index contributed by atoms with van der Waals surface area (Å²) in [4.78, 5) is 36.9. The number of amides is 2. The van der Waals surface area contributed by atoms with E-state index >= 15 is 0 Å². The van der Waals surface area contributed by atoms with Crippen molar-refractivity contribution >= 4 is 22.8 Å². The highest BCUT2D eigenvalue weighted by atomic mass is 16.5. The van der Waals surface area contributed by atoms with Crippen molar-refractivity contribution < 1.29 is 14.3 Å². The molecule has 0 saturated heterocycles. The van der Waals surface area contributed by atoms with Crippen LogP contribution in [0.5, 0.6) is 5.75 Å². The van der Waals surface area contributed by atoms with Gasteiger partial charge in [0.15, 0.2) is 5.69 Å². The summed E-state index contributed by atoms with van der Waals surface area (Å²) in [5.74, 6) is 0.597. The van der Waals surface area contributed by atoms with Gasteiger partial charge in [0.2, 0.25) is 0 Å². The number of aromatic amines is 1. The summed E-state index contributed by atoms with van der Waals surface area (Å²) >= 11 is 0. The molecule has 0 fully saturated rings. The topological polar surface area (TPSA) is 96.4 Å². The summed E-state index contributed by atoms with van der Waals surface area (Å²) in [5.41, 5.74) is 5.68. The Morgan fingerprint density at radius 1 is 1.14 bits per heavy atom. The van der Waals surface area contributed by atoms with Crippen LogP contribution in [-0.2, 0) is 25.9 Å². The second-order valence-corrected chi connectivity index (χ2v) is 8.91. The third kappa shape index (κ3) is 4.37. The molecule has 0 aliphatic carbocycles. The molecule has 4 aromatic rings. The Hall–Kier alpha value is -4.14. The van der Waals surface area contributed by atoms with E-state index in [9.17, 15) is 9.59 Å². The second kappa shape index (κ2) is 9.25. The SMILES string of the molecule is COc1ccc(CCn2nc(C(=O)N(C)C)c3c2CCN(C(=O)c2ccc4nc[nH]c4c2)C3)cc1. The van der Waals surface area contributed by atoms with Crippen LogP contribution in [0, 0.1) is 0 Å². The third-order valence-corrected chi connectivity index (χ3v) is 6.47. The lowest BCUT2D eigenvalue weighted by Crippen LogP contribution is -2.37. The number of benzene rings is 2. The Morgan fingerprint density at radius 2 is 1.94 bits per heavy atom. The maximum atomic E-state index is 13.3. The number of nitrogens with zero attached hydrogens (tertiary/aromatic N) is 5. The van der Waals surface area contributed by atoms with E-state index in [1.807, 2.05) is 41.1 Å². The van der Waals surface area contributed by atoms with Crippen molar-refractivity contribution in [1.82, 2.24) is 29.5 Å². The highest BCUT2D eigenvalue weighted by molar-refractivity contribution is 5.98. The van der Waals surface area contributed by atoms with Gasteiger partial charge in [-0.2, -0.15) is 5.10 Å². The van der Waals surface area contributed by atoms with Gasteiger partial charge in [0.25, 0.3) is 11.8 Å². The first-order chi connectivity index (χ1) is 16.9. The number of hydrogen-bond donors (Lipinski definition) is 1. The molecule has 5 rings (SSSR count). The van der Waals surface area contributed by atoms with Crippen LogP contribution in [0.2, 0.25) is 0 Å². The molecule has 1 aliphatic heterocycles. The van der Waals surface area contributed by atoms with Crippen LogP contribution in [0.25, 0.3) is 11.0 Å². The minimum atomic E-state index is -0.155. The van der Waals surface area contributed by atoms with Gasteiger partial charge in [-0.25, -0.2) is 4.98 Å². The normalized spacial score (nSPS) is 13.1. The zero-order valence-corrected chi connectivity index (χ0v) is 20.1. The fourth-order valence-electron chi connectivity index (χ4n) is 4.51.